The van der Waals surface area contributed by atoms with Gasteiger partial charge in [0.15, 0.2) is 0 Å². The van der Waals surface area contributed by atoms with E-state index in [1.807, 2.05) is 0 Å². The second-order valence-electron chi connectivity index (χ2n) is 1.29. The third-order valence-electron chi connectivity index (χ3n) is 0.211. The molecule has 0 spiro atoms. The monoisotopic (exact) mass is 242 g/mol. The van der Waals surface area contributed by atoms with Crippen LogP contribution in [0.25, 0.3) is 0 Å². The van der Waals surface area contributed by atoms with Crippen LogP contribution in [0.1, 0.15) is 0 Å². The number of carbonyl (C=O) groups is 1. The van der Waals surface area contributed by atoms with Crippen molar-refractivity contribution in [1.29, 1.82) is 0 Å². The van der Waals surface area contributed by atoms with Gasteiger partial charge in [0.2, 0.25) is 6.41 Å². The van der Waals surface area contributed by atoms with Gasteiger partial charge in [-0.25, -0.2) is 0 Å². The maximum atomic E-state index is 9.43. The smallest absolute Gasteiger partial charge is 0.356 e. The van der Waals surface area contributed by atoms with Gasteiger partial charge in [-0.1, -0.05) is 0 Å². The van der Waals surface area contributed by atoms with Crippen molar-refractivity contribution in [2.45, 2.75) is 0 Å². The van der Waals surface area contributed by atoms with Crippen LogP contribution in [-0.2, 0) is 27.2 Å². The fraction of sp³-hybridized carbons (Fsp3) is 0.667. The second kappa shape index (κ2) is 11.2. The molecular formula is C3H7AgN2O4. The van der Waals surface area contributed by atoms with E-state index in [1.54, 1.807) is 14.1 Å². The molecule has 10 heavy (non-hydrogen) atoms. The summed E-state index contributed by atoms with van der Waals surface area (Å²) in [7, 11) is 3.38. The summed E-state index contributed by atoms with van der Waals surface area (Å²) in [5.74, 6) is 0. The van der Waals surface area contributed by atoms with E-state index in [4.69, 9.17) is 15.3 Å². The molecule has 64 valence electrons. The Hall–Kier alpha value is -0.590. The first-order valence-electron chi connectivity index (χ1n) is 1.94. The Labute approximate surface area is 73.4 Å². The Morgan fingerprint density at radius 3 is 1.50 bits per heavy atom. The van der Waals surface area contributed by atoms with Gasteiger partial charge in [0, 0.05) is 14.1 Å². The van der Waals surface area contributed by atoms with Gasteiger partial charge in [0.25, 0.3) is 0 Å². The van der Waals surface area contributed by atoms with Crippen molar-refractivity contribution >= 4 is 6.41 Å². The van der Waals surface area contributed by atoms with Crippen molar-refractivity contribution in [2.75, 3.05) is 14.1 Å². The summed E-state index contributed by atoms with van der Waals surface area (Å²) in [6.07, 6.45) is 0.750. The Morgan fingerprint density at radius 2 is 1.50 bits per heavy atom. The first-order chi connectivity index (χ1) is 4.00. The molecule has 0 rings (SSSR count). The number of hydrogen-bond acceptors (Lipinski definition) is 4. The van der Waals surface area contributed by atoms with Gasteiger partial charge in [0.05, 0.1) is 5.09 Å². The SMILES string of the molecule is CN(C)C=O.O=[N+]([O-])[O-].[Ag+]. The van der Waals surface area contributed by atoms with Crippen molar-refractivity contribution in [2.24, 2.45) is 0 Å². The minimum Gasteiger partial charge on any atom is -0.356 e. The molecule has 0 N–H and O–H groups in total. The largest absolute Gasteiger partial charge is 1.00 e. The van der Waals surface area contributed by atoms with Gasteiger partial charge in [0.1, 0.15) is 0 Å². The molecule has 1 amide bonds. The average Bonchev–Trinajstić information content (AvgIpc) is 1.65. The third kappa shape index (κ3) is 153. The minimum absolute atomic E-state index is 0. The predicted octanol–water partition coefficient (Wildman–Crippen LogP) is -0.537. The second-order valence-corrected chi connectivity index (χ2v) is 1.29. The third-order valence-corrected chi connectivity index (χ3v) is 0.211. The zero-order chi connectivity index (χ0) is 7.86. The van der Waals surface area contributed by atoms with Crippen LogP contribution in [0.5, 0.6) is 0 Å². The molecule has 7 heteroatoms. The molecule has 0 aromatic heterocycles. The van der Waals surface area contributed by atoms with E-state index in [1.165, 1.54) is 4.90 Å². The van der Waals surface area contributed by atoms with Gasteiger partial charge in [-0.3, -0.25) is 4.79 Å². The molecule has 0 radical (unpaired) electrons. The number of amides is 1. The van der Waals surface area contributed by atoms with Crippen LogP contribution < -0.4 is 0 Å². The minimum atomic E-state index is -1.75. The van der Waals surface area contributed by atoms with E-state index in [-0.39, 0.29) is 22.4 Å². The van der Waals surface area contributed by atoms with E-state index in [0.717, 1.165) is 6.41 Å². The van der Waals surface area contributed by atoms with Gasteiger partial charge >= 0.3 is 22.4 Å². The van der Waals surface area contributed by atoms with Crippen LogP contribution >= 0.6 is 0 Å². The van der Waals surface area contributed by atoms with Crippen LogP contribution in [0.2, 0.25) is 0 Å². The fourth-order valence-electron chi connectivity index (χ4n) is 0. The summed E-state index contributed by atoms with van der Waals surface area (Å²) in [4.78, 5) is 19.1. The number of hydrogen-bond donors (Lipinski definition) is 0. The van der Waals surface area contributed by atoms with Gasteiger partial charge in [-0.2, -0.15) is 0 Å². The summed E-state index contributed by atoms with van der Waals surface area (Å²) in [5.41, 5.74) is 0. The van der Waals surface area contributed by atoms with Crippen LogP contribution in [0.4, 0.5) is 0 Å². The molecule has 0 aliphatic carbocycles. The maximum Gasteiger partial charge on any atom is 1.00 e. The van der Waals surface area contributed by atoms with E-state index >= 15 is 0 Å². The Kier molecular flexibility index (Phi) is 18.2. The summed E-state index contributed by atoms with van der Waals surface area (Å²) >= 11 is 0. The molecule has 0 aliphatic heterocycles. The Bertz CT molecular complexity index is 92.5. The van der Waals surface area contributed by atoms with E-state index in [0.29, 0.717) is 0 Å². The fourth-order valence-corrected chi connectivity index (χ4v) is 0. The molecule has 0 saturated heterocycles. The molecule has 0 saturated carbocycles. The van der Waals surface area contributed by atoms with Crippen molar-refractivity contribution in [3.63, 3.8) is 0 Å². The predicted molar refractivity (Wildman–Crippen MR) is 30.1 cm³/mol. The van der Waals surface area contributed by atoms with Gasteiger partial charge in [-0.05, 0) is 0 Å². The average molecular weight is 243 g/mol. The summed E-state index contributed by atoms with van der Waals surface area (Å²) in [6.45, 7) is 0. The van der Waals surface area contributed by atoms with Crippen molar-refractivity contribution in [1.82, 2.24) is 4.90 Å². The van der Waals surface area contributed by atoms with E-state index < -0.39 is 5.09 Å². The number of nitrogens with zero attached hydrogens (tertiary/aromatic N) is 2. The molecule has 6 nitrogen and oxygen atoms in total. The zero-order valence-electron chi connectivity index (χ0n) is 5.41. The maximum absolute atomic E-state index is 9.43. The van der Waals surface area contributed by atoms with Crippen LogP contribution in [-0.4, -0.2) is 30.5 Å². The molecule has 0 bridgehead atoms. The first-order valence-corrected chi connectivity index (χ1v) is 1.94. The number of rotatable bonds is 1. The summed E-state index contributed by atoms with van der Waals surface area (Å²) in [6, 6.07) is 0. The molecule has 0 atom stereocenters. The van der Waals surface area contributed by atoms with E-state index in [2.05, 4.69) is 0 Å². The van der Waals surface area contributed by atoms with Gasteiger partial charge < -0.3 is 20.2 Å². The molecule has 0 heterocycles. The topological polar surface area (TPSA) is 86.5 Å². The molecule has 0 fully saturated rings. The van der Waals surface area contributed by atoms with Crippen LogP contribution in [0.15, 0.2) is 0 Å². The van der Waals surface area contributed by atoms with Crippen LogP contribution in [0, 0.1) is 15.3 Å². The van der Waals surface area contributed by atoms with Crippen molar-refractivity contribution in [3.8, 4) is 0 Å². The quantitative estimate of drug-likeness (QED) is 0.268. The standard InChI is InChI=1S/C3H7NO.Ag.NO3/c1-4(2)3-5;;2-1(3)4/h3H,1-2H3;;/q;+1;-1. The Morgan fingerprint density at radius 1 is 1.40 bits per heavy atom. The molecule has 0 unspecified atom stereocenters. The number of carbonyl (C=O) groups excluding carboxylic acids is 1. The first kappa shape index (κ1) is 16.2. The molecular weight excluding hydrogens is 236 g/mol. The molecule has 0 aromatic rings. The van der Waals surface area contributed by atoms with Crippen LogP contribution in [0.3, 0.4) is 0 Å². The summed E-state index contributed by atoms with van der Waals surface area (Å²) < 4.78 is 0. The van der Waals surface area contributed by atoms with Crippen molar-refractivity contribution in [3.05, 3.63) is 15.3 Å². The Balaban J connectivity index is -0.0000000910. The molecule has 0 aliphatic rings. The summed E-state index contributed by atoms with van der Waals surface area (Å²) in [5, 5.41) is 14.8. The normalized spacial score (nSPS) is 5.80. The van der Waals surface area contributed by atoms with Gasteiger partial charge in [-0.15, -0.1) is 0 Å². The molecule has 0 aromatic carbocycles. The van der Waals surface area contributed by atoms with E-state index in [9.17, 15) is 4.79 Å². The van der Waals surface area contributed by atoms with Crippen molar-refractivity contribution < 1.29 is 32.3 Å². The zero-order valence-corrected chi connectivity index (χ0v) is 6.89.